The smallest absolute Gasteiger partial charge is 0.208 e. The lowest BCUT2D eigenvalue weighted by Crippen LogP contribution is -2.37. The molecule has 0 aromatic heterocycles. The lowest BCUT2D eigenvalue weighted by atomic mass is 9.85. The summed E-state index contributed by atoms with van der Waals surface area (Å²) in [5, 5.41) is 0. The molecule has 2 rings (SSSR count). The van der Waals surface area contributed by atoms with Gasteiger partial charge in [-0.2, -0.15) is 0 Å². The third-order valence-corrected chi connectivity index (χ3v) is 5.81. The van der Waals surface area contributed by atoms with E-state index in [1.807, 2.05) is 19.1 Å². The van der Waals surface area contributed by atoms with E-state index >= 15 is 0 Å². The maximum Gasteiger partial charge on any atom is 0.241 e. The number of sulfonamides is 1. The largest absolute Gasteiger partial charge is 0.241 e. The second-order valence-corrected chi connectivity index (χ2v) is 7.20. The molecule has 3 nitrogen and oxygen atoms in total. The van der Waals surface area contributed by atoms with Crippen molar-refractivity contribution in [2.45, 2.75) is 56.9 Å². The zero-order valence-corrected chi connectivity index (χ0v) is 12.5. The van der Waals surface area contributed by atoms with E-state index in [0.717, 1.165) is 37.2 Å². The molecule has 0 heterocycles. The zero-order valence-electron chi connectivity index (χ0n) is 11.7. The van der Waals surface area contributed by atoms with E-state index in [4.69, 9.17) is 0 Å². The molecule has 0 bridgehead atoms. The molecule has 1 N–H and O–H groups in total. The number of rotatable bonds is 4. The summed E-state index contributed by atoms with van der Waals surface area (Å²) < 4.78 is 27.6. The van der Waals surface area contributed by atoms with Gasteiger partial charge >= 0.3 is 0 Å². The molecule has 1 aliphatic carbocycles. The number of hydrogen-bond donors (Lipinski definition) is 1. The first-order valence-electron chi connectivity index (χ1n) is 7.11. The Morgan fingerprint density at radius 1 is 1.16 bits per heavy atom. The summed E-state index contributed by atoms with van der Waals surface area (Å²) in [4.78, 5) is 0.410. The Morgan fingerprint density at radius 2 is 1.79 bits per heavy atom. The third-order valence-electron chi connectivity index (χ3n) is 4.13. The summed E-state index contributed by atoms with van der Waals surface area (Å²) in [6, 6.07) is 7.25. The zero-order chi connectivity index (χ0) is 13.9. The summed E-state index contributed by atoms with van der Waals surface area (Å²) in [5.41, 5.74) is 0.803. The van der Waals surface area contributed by atoms with Gasteiger partial charge in [-0.3, -0.25) is 0 Å². The van der Waals surface area contributed by atoms with Gasteiger partial charge in [0.25, 0.3) is 0 Å². The second-order valence-electron chi connectivity index (χ2n) is 5.51. The van der Waals surface area contributed by atoms with Gasteiger partial charge in [0, 0.05) is 6.04 Å². The molecular weight excluding hydrogens is 258 g/mol. The summed E-state index contributed by atoms with van der Waals surface area (Å²) >= 11 is 0. The molecule has 106 valence electrons. The topological polar surface area (TPSA) is 46.2 Å². The van der Waals surface area contributed by atoms with Gasteiger partial charge in [-0.1, -0.05) is 31.5 Å². The van der Waals surface area contributed by atoms with Crippen LogP contribution >= 0.6 is 0 Å². The minimum absolute atomic E-state index is 0.104. The maximum atomic E-state index is 12.4. The van der Waals surface area contributed by atoms with Crippen molar-refractivity contribution in [1.29, 1.82) is 0 Å². The van der Waals surface area contributed by atoms with Crippen LogP contribution < -0.4 is 4.72 Å². The molecule has 0 aliphatic heterocycles. The van der Waals surface area contributed by atoms with Gasteiger partial charge in [-0.25, -0.2) is 13.1 Å². The number of hydrogen-bond acceptors (Lipinski definition) is 2. The Balaban J connectivity index is 2.05. The quantitative estimate of drug-likeness (QED) is 0.921. The van der Waals surface area contributed by atoms with Crippen LogP contribution in [-0.2, 0) is 10.0 Å². The van der Waals surface area contributed by atoms with E-state index in [1.54, 1.807) is 12.1 Å². The molecule has 0 amide bonds. The molecular formula is C15H23NO2S. The molecule has 1 aromatic rings. The summed E-state index contributed by atoms with van der Waals surface area (Å²) in [7, 11) is -3.36. The van der Waals surface area contributed by atoms with Crippen molar-refractivity contribution in [3.63, 3.8) is 0 Å². The van der Waals surface area contributed by atoms with E-state index in [0.29, 0.717) is 4.90 Å². The molecule has 0 atom stereocenters. The Kier molecular flexibility index (Phi) is 4.63. The number of benzene rings is 1. The predicted octanol–water partition coefficient (Wildman–Crippen LogP) is 3.24. The average molecular weight is 281 g/mol. The minimum atomic E-state index is -3.36. The van der Waals surface area contributed by atoms with Crippen LogP contribution in [0.5, 0.6) is 0 Å². The molecule has 0 spiro atoms. The summed E-state index contributed by atoms with van der Waals surface area (Å²) in [5.74, 6) is 0.777. The molecule has 0 saturated heterocycles. The van der Waals surface area contributed by atoms with Gasteiger partial charge in [0.05, 0.1) is 4.90 Å². The van der Waals surface area contributed by atoms with Crippen molar-refractivity contribution in [3.05, 3.63) is 29.8 Å². The monoisotopic (exact) mass is 281 g/mol. The van der Waals surface area contributed by atoms with E-state index < -0.39 is 10.0 Å². The van der Waals surface area contributed by atoms with Crippen molar-refractivity contribution in [1.82, 2.24) is 4.72 Å². The highest BCUT2D eigenvalue weighted by Crippen LogP contribution is 2.27. The highest BCUT2D eigenvalue weighted by molar-refractivity contribution is 7.89. The molecule has 0 radical (unpaired) electrons. The van der Waals surface area contributed by atoms with Crippen LogP contribution in [0.15, 0.2) is 29.2 Å². The predicted molar refractivity (Wildman–Crippen MR) is 77.5 cm³/mol. The van der Waals surface area contributed by atoms with Crippen molar-refractivity contribution < 1.29 is 8.42 Å². The van der Waals surface area contributed by atoms with Crippen LogP contribution in [0.4, 0.5) is 0 Å². The fourth-order valence-corrected chi connectivity index (χ4v) is 4.38. The van der Waals surface area contributed by atoms with E-state index in [9.17, 15) is 8.42 Å². The molecule has 19 heavy (non-hydrogen) atoms. The van der Waals surface area contributed by atoms with Crippen LogP contribution in [-0.4, -0.2) is 14.5 Å². The normalized spacial score (nSPS) is 24.3. The van der Waals surface area contributed by atoms with Crippen LogP contribution in [0, 0.1) is 12.8 Å². The highest BCUT2D eigenvalue weighted by atomic mass is 32.2. The Bertz CT molecular complexity index is 517. The lowest BCUT2D eigenvalue weighted by Gasteiger charge is -2.28. The van der Waals surface area contributed by atoms with Crippen molar-refractivity contribution in [2.24, 2.45) is 5.92 Å². The maximum absolute atomic E-state index is 12.4. The third kappa shape index (κ3) is 3.57. The molecule has 1 aliphatic rings. The minimum Gasteiger partial charge on any atom is -0.208 e. The van der Waals surface area contributed by atoms with E-state index in [2.05, 4.69) is 11.6 Å². The van der Waals surface area contributed by atoms with Crippen LogP contribution in [0.2, 0.25) is 0 Å². The SMILES string of the molecule is CCC1CCC(NS(=O)(=O)c2ccccc2C)CC1. The Hall–Kier alpha value is -0.870. The molecule has 4 heteroatoms. The Labute approximate surface area is 116 Å². The van der Waals surface area contributed by atoms with Crippen molar-refractivity contribution >= 4 is 10.0 Å². The fourth-order valence-electron chi connectivity index (χ4n) is 2.83. The molecule has 1 saturated carbocycles. The summed E-state index contributed by atoms with van der Waals surface area (Å²) in [6.45, 7) is 4.05. The van der Waals surface area contributed by atoms with Crippen LogP contribution in [0.1, 0.15) is 44.6 Å². The number of aryl methyl sites for hydroxylation is 1. The molecule has 1 fully saturated rings. The van der Waals surface area contributed by atoms with Gasteiger partial charge in [0.15, 0.2) is 0 Å². The van der Waals surface area contributed by atoms with Gasteiger partial charge < -0.3 is 0 Å². The van der Waals surface area contributed by atoms with Gasteiger partial charge in [-0.05, 0) is 50.2 Å². The van der Waals surface area contributed by atoms with Crippen molar-refractivity contribution in [2.75, 3.05) is 0 Å². The molecule has 1 aromatic carbocycles. The first-order chi connectivity index (χ1) is 9.03. The van der Waals surface area contributed by atoms with Gasteiger partial charge in [-0.15, -0.1) is 0 Å². The fraction of sp³-hybridized carbons (Fsp3) is 0.600. The number of nitrogens with one attached hydrogen (secondary N) is 1. The van der Waals surface area contributed by atoms with Gasteiger partial charge in [0.2, 0.25) is 10.0 Å². The lowest BCUT2D eigenvalue weighted by molar-refractivity contribution is 0.306. The highest BCUT2D eigenvalue weighted by Gasteiger charge is 2.25. The second kappa shape index (κ2) is 6.06. The van der Waals surface area contributed by atoms with Crippen LogP contribution in [0.25, 0.3) is 0 Å². The van der Waals surface area contributed by atoms with Crippen molar-refractivity contribution in [3.8, 4) is 0 Å². The summed E-state index contributed by atoms with van der Waals surface area (Å²) in [6.07, 6.45) is 5.40. The van der Waals surface area contributed by atoms with E-state index in [1.165, 1.54) is 6.42 Å². The standard InChI is InChI=1S/C15H23NO2S/c1-3-13-8-10-14(11-9-13)16-19(17,18)15-7-5-4-6-12(15)2/h4-7,13-14,16H,3,8-11H2,1-2H3. The molecule has 0 unspecified atom stereocenters. The van der Waals surface area contributed by atoms with E-state index in [-0.39, 0.29) is 6.04 Å². The average Bonchev–Trinajstić information content (AvgIpc) is 2.39. The van der Waals surface area contributed by atoms with Gasteiger partial charge in [0.1, 0.15) is 0 Å². The first-order valence-corrected chi connectivity index (χ1v) is 8.59. The Morgan fingerprint density at radius 3 is 2.37 bits per heavy atom. The first kappa shape index (κ1) is 14.5. The van der Waals surface area contributed by atoms with Crippen LogP contribution in [0.3, 0.4) is 0 Å².